The van der Waals surface area contributed by atoms with Crippen LogP contribution in [0.2, 0.25) is 0 Å². The fraction of sp³-hybridized carbons (Fsp3) is 0.0769. The van der Waals surface area contributed by atoms with Crippen LogP contribution in [-0.4, -0.2) is 8.37 Å². The third kappa shape index (κ3) is 5.81. The van der Waals surface area contributed by atoms with Crippen molar-refractivity contribution in [2.75, 3.05) is 4.93 Å². The van der Waals surface area contributed by atoms with E-state index in [4.69, 9.17) is 0 Å². The van der Waals surface area contributed by atoms with E-state index in [1.165, 1.54) is 3.57 Å². The first kappa shape index (κ1) is 13.9. The Balaban J connectivity index is 0.000000165. The third-order valence-corrected chi connectivity index (χ3v) is 5.02. The van der Waals surface area contributed by atoms with Crippen LogP contribution in [0.3, 0.4) is 0 Å². The van der Waals surface area contributed by atoms with E-state index < -0.39 is 20.2 Å². The van der Waals surface area contributed by atoms with Crippen LogP contribution in [-0.2, 0) is 0 Å². The molecule has 0 aliphatic rings. The largest absolute Gasteiger partial charge is 0.0622 e. The molecule has 16 heavy (non-hydrogen) atoms. The van der Waals surface area contributed by atoms with Gasteiger partial charge in [-0.25, -0.2) is 0 Å². The number of alkyl halides is 1. The van der Waals surface area contributed by atoms with Gasteiger partial charge in [-0.15, -0.1) is 0 Å². The molecule has 0 bridgehead atoms. The Bertz CT molecular complexity index is 387. The first-order chi connectivity index (χ1) is 7.70. The van der Waals surface area contributed by atoms with Crippen LogP contribution in [0, 0.1) is 7.14 Å². The molecule has 0 heterocycles. The second-order valence-electron chi connectivity index (χ2n) is 3.03. The molecule has 2 rings (SSSR count). The van der Waals surface area contributed by atoms with Gasteiger partial charge >= 0.3 is 62.5 Å². The summed E-state index contributed by atoms with van der Waals surface area (Å²) in [6, 6.07) is 20.0. The van der Waals surface area contributed by atoms with Gasteiger partial charge in [0.2, 0.25) is 0 Å². The number of rotatable bonds is 1. The molecule has 0 aliphatic heterocycles. The minimum atomic E-state index is -1.68. The predicted molar refractivity (Wildman–Crippen MR) is 86.5 cm³/mol. The first-order valence-electron chi connectivity index (χ1n) is 4.75. The second-order valence-corrected chi connectivity index (χ2v) is 8.05. The van der Waals surface area contributed by atoms with Crippen LogP contribution < -0.4 is 0 Å². The van der Waals surface area contributed by atoms with Gasteiger partial charge in [0.05, 0.1) is 0 Å². The zero-order chi connectivity index (χ0) is 11.8. The Labute approximate surface area is 118 Å². The quantitative estimate of drug-likeness (QED) is 0.521. The van der Waals surface area contributed by atoms with Gasteiger partial charge in [0.1, 0.15) is 0 Å². The van der Waals surface area contributed by atoms with E-state index in [-0.39, 0.29) is 0 Å². The van der Waals surface area contributed by atoms with Gasteiger partial charge in [-0.3, -0.25) is 0 Å². The molecule has 0 aliphatic carbocycles. The van der Waals surface area contributed by atoms with Gasteiger partial charge in [-0.1, -0.05) is 18.2 Å². The summed E-state index contributed by atoms with van der Waals surface area (Å²) in [4.78, 5) is 1.92. The molecular formula is C13H14I2O. The van der Waals surface area contributed by atoms with Gasteiger partial charge < -0.3 is 0 Å². The Morgan fingerprint density at radius 1 is 0.875 bits per heavy atom. The Morgan fingerprint density at radius 3 is 1.56 bits per heavy atom. The topological polar surface area (TPSA) is 20.2 Å². The van der Waals surface area contributed by atoms with Crippen molar-refractivity contribution in [3.63, 3.8) is 0 Å². The summed E-state index contributed by atoms with van der Waals surface area (Å²) >= 11 is 0.599. The molecule has 3 heteroatoms. The minimum absolute atomic E-state index is 1.13. The van der Waals surface area contributed by atoms with E-state index in [0.29, 0.717) is 0 Å². The van der Waals surface area contributed by atoms with Gasteiger partial charge in [-0.05, 0) is 34.7 Å². The summed E-state index contributed by atoms with van der Waals surface area (Å²) in [6.45, 7) is 0. The fourth-order valence-electron chi connectivity index (χ4n) is 1.01. The Kier molecular flexibility index (Phi) is 6.98. The van der Waals surface area contributed by atoms with Gasteiger partial charge in [0, 0.05) is 3.57 Å². The van der Waals surface area contributed by atoms with Crippen LogP contribution in [0.15, 0.2) is 60.7 Å². The third-order valence-electron chi connectivity index (χ3n) is 1.78. The van der Waals surface area contributed by atoms with Crippen LogP contribution >= 0.6 is 42.8 Å². The molecule has 0 amide bonds. The average Bonchev–Trinajstić information content (AvgIpc) is 2.32. The van der Waals surface area contributed by atoms with Crippen molar-refractivity contribution in [1.29, 1.82) is 0 Å². The number of benzene rings is 2. The molecule has 0 saturated heterocycles. The Hall–Kier alpha value is -0.140. The van der Waals surface area contributed by atoms with Crippen molar-refractivity contribution in [1.82, 2.24) is 0 Å². The fourth-order valence-corrected chi connectivity index (χ4v) is 2.88. The Morgan fingerprint density at radius 2 is 1.31 bits per heavy atom. The van der Waals surface area contributed by atoms with Crippen molar-refractivity contribution in [2.45, 2.75) is 0 Å². The standard InChI is InChI=1S/C7H9IO.C6H5I/c1-8(9)7-5-3-2-4-6-7;7-6-4-2-1-3-5-6/h2-6,9H,1H3;1-5H. The summed E-state index contributed by atoms with van der Waals surface area (Å²) in [5.74, 6) is 0. The first-order valence-corrected chi connectivity index (χ1v) is 10.0. The molecule has 0 atom stereocenters. The maximum atomic E-state index is 9.18. The number of halogens is 2. The molecule has 0 spiro atoms. The zero-order valence-electron chi connectivity index (χ0n) is 8.98. The number of hydrogen-bond donors (Lipinski definition) is 1. The van der Waals surface area contributed by atoms with E-state index in [9.17, 15) is 3.44 Å². The molecule has 1 nitrogen and oxygen atoms in total. The van der Waals surface area contributed by atoms with E-state index in [1.807, 2.05) is 53.5 Å². The average molecular weight is 440 g/mol. The summed E-state index contributed by atoms with van der Waals surface area (Å²) in [6.07, 6.45) is 0. The van der Waals surface area contributed by atoms with Crippen LogP contribution in [0.4, 0.5) is 0 Å². The zero-order valence-corrected chi connectivity index (χ0v) is 13.3. The van der Waals surface area contributed by atoms with Gasteiger partial charge in [-0.2, -0.15) is 0 Å². The molecule has 0 fully saturated rings. The van der Waals surface area contributed by atoms with Crippen LogP contribution in [0.25, 0.3) is 0 Å². The molecule has 0 aromatic heterocycles. The monoisotopic (exact) mass is 440 g/mol. The molecule has 2 aromatic rings. The molecule has 86 valence electrons. The van der Waals surface area contributed by atoms with Crippen molar-refractivity contribution < 1.29 is 3.44 Å². The van der Waals surface area contributed by atoms with Crippen molar-refractivity contribution >= 4 is 42.8 Å². The summed E-state index contributed by atoms with van der Waals surface area (Å²) in [5.41, 5.74) is 0. The smallest absolute Gasteiger partial charge is 0.0130 e. The van der Waals surface area contributed by atoms with E-state index >= 15 is 0 Å². The summed E-state index contributed by atoms with van der Waals surface area (Å²) in [5, 5.41) is 0. The maximum absolute atomic E-state index is 9.18. The van der Waals surface area contributed by atoms with Crippen molar-refractivity contribution in [3.05, 3.63) is 67.8 Å². The minimum Gasteiger partial charge on any atom is -0.0622 e. The molecule has 2 aromatic carbocycles. The van der Waals surface area contributed by atoms with Crippen LogP contribution in [0.1, 0.15) is 0 Å². The van der Waals surface area contributed by atoms with Crippen LogP contribution in [0.5, 0.6) is 0 Å². The SMILES string of the molecule is CI(O)c1ccccc1.Ic1ccccc1. The van der Waals surface area contributed by atoms with Crippen molar-refractivity contribution in [3.8, 4) is 0 Å². The van der Waals surface area contributed by atoms with E-state index in [1.54, 1.807) is 0 Å². The predicted octanol–water partition coefficient (Wildman–Crippen LogP) is 4.19. The normalized spacial score (nSPS) is 10.1. The summed E-state index contributed by atoms with van der Waals surface area (Å²) in [7, 11) is 0. The maximum Gasteiger partial charge on any atom is 0.0130 e. The van der Waals surface area contributed by atoms with E-state index in [2.05, 4.69) is 34.7 Å². The molecule has 1 N–H and O–H groups in total. The number of hydrogen-bond acceptors (Lipinski definition) is 1. The van der Waals surface area contributed by atoms with E-state index in [0.717, 1.165) is 3.57 Å². The van der Waals surface area contributed by atoms with Gasteiger partial charge in [0.25, 0.3) is 0 Å². The molecule has 0 saturated carbocycles. The molecular weight excluding hydrogens is 426 g/mol. The summed E-state index contributed by atoms with van der Waals surface area (Å²) < 4.78 is 11.6. The molecule has 0 unspecified atom stereocenters. The molecule has 0 radical (unpaired) electrons. The van der Waals surface area contributed by atoms with Crippen molar-refractivity contribution in [2.24, 2.45) is 0 Å². The second kappa shape index (κ2) is 8.03. The van der Waals surface area contributed by atoms with Gasteiger partial charge in [0.15, 0.2) is 0 Å².